The van der Waals surface area contributed by atoms with Gasteiger partial charge >= 0.3 is 0 Å². The van der Waals surface area contributed by atoms with Crippen LogP contribution in [0.1, 0.15) is 11.4 Å². The molecule has 2 aromatic rings. The van der Waals surface area contributed by atoms with Crippen molar-refractivity contribution < 1.29 is 0 Å². The molecule has 4 N–H and O–H groups in total. The number of nitrogens with two attached hydrogens (primary N) is 1. The summed E-state index contributed by atoms with van der Waals surface area (Å²) in [6.07, 6.45) is 0. The lowest BCUT2D eigenvalue weighted by Gasteiger charge is -2.10. The van der Waals surface area contributed by atoms with Crippen molar-refractivity contribution in [3.63, 3.8) is 0 Å². The molecule has 8 heteroatoms. The number of nitriles is 1. The monoisotopic (exact) mass is 315 g/mol. The summed E-state index contributed by atoms with van der Waals surface area (Å²) in [4.78, 5) is 0. The molecule has 0 bridgehead atoms. The minimum absolute atomic E-state index is 0.193. The predicted molar refractivity (Wildman–Crippen MR) is 86.6 cm³/mol. The van der Waals surface area contributed by atoms with Crippen LogP contribution in [0, 0.1) is 30.6 Å². The van der Waals surface area contributed by atoms with Crippen LogP contribution in [-0.4, -0.2) is 21.3 Å². The summed E-state index contributed by atoms with van der Waals surface area (Å²) < 4.78 is 1.69. The number of aromatic nitrogens is 2. The van der Waals surface area contributed by atoms with Crippen LogP contribution in [0.4, 0.5) is 5.69 Å². The summed E-state index contributed by atoms with van der Waals surface area (Å²) in [5, 5.41) is 24.9. The molecule has 22 heavy (non-hydrogen) atoms. The maximum absolute atomic E-state index is 8.87. The molecule has 112 valence electrons. The number of anilines is 1. The van der Waals surface area contributed by atoms with E-state index in [1.807, 2.05) is 32.0 Å². The van der Waals surface area contributed by atoms with Crippen molar-refractivity contribution in [3.05, 3.63) is 40.7 Å². The summed E-state index contributed by atoms with van der Waals surface area (Å²) in [6.45, 7) is 3.68. The van der Waals surface area contributed by atoms with Crippen LogP contribution >= 0.6 is 11.6 Å². The number of aryl methyl sites for hydroxylation is 1. The van der Waals surface area contributed by atoms with Crippen molar-refractivity contribution in [3.8, 4) is 11.8 Å². The van der Waals surface area contributed by atoms with Gasteiger partial charge in [0.2, 0.25) is 5.71 Å². The molecule has 1 aromatic heterocycles. The Morgan fingerprint density at radius 2 is 2.14 bits per heavy atom. The Hall–Kier alpha value is -2.85. The maximum atomic E-state index is 8.87. The van der Waals surface area contributed by atoms with E-state index in [0.29, 0.717) is 10.7 Å². The molecule has 0 fully saturated rings. The summed E-state index contributed by atoms with van der Waals surface area (Å²) in [5.74, 6) is -0.401. The molecule has 2 rings (SSSR count). The van der Waals surface area contributed by atoms with Crippen LogP contribution in [0.2, 0.25) is 5.02 Å². The number of rotatable bonds is 4. The van der Waals surface area contributed by atoms with Gasteiger partial charge in [-0.15, -0.1) is 0 Å². The quantitative estimate of drug-likeness (QED) is 0.456. The molecule has 0 radical (unpaired) electrons. The maximum Gasteiger partial charge on any atom is 0.201 e. The zero-order valence-corrected chi connectivity index (χ0v) is 12.8. The Labute approximate surface area is 132 Å². The standard InChI is InChI=1S/C14H14ClN7/c1-8-13(15)9(2)22(21-8)12-6-4-3-5-10(12)19-20-11(7-16)14(17)18/h3-6,19H,1-2H3,(H3,17,18)/b20-11+. The Balaban J connectivity index is 2.46. The molecule has 0 atom stereocenters. The molecule has 0 spiro atoms. The van der Waals surface area contributed by atoms with Gasteiger partial charge in [-0.05, 0) is 26.0 Å². The highest BCUT2D eigenvalue weighted by Crippen LogP contribution is 2.26. The Kier molecular flexibility index (Phi) is 4.44. The fourth-order valence-electron chi connectivity index (χ4n) is 1.87. The van der Waals surface area contributed by atoms with Gasteiger partial charge in [0.25, 0.3) is 0 Å². The van der Waals surface area contributed by atoms with Gasteiger partial charge in [-0.25, -0.2) is 4.68 Å². The smallest absolute Gasteiger partial charge is 0.201 e. The second-order valence-corrected chi connectivity index (χ2v) is 4.89. The van der Waals surface area contributed by atoms with Crippen LogP contribution < -0.4 is 11.2 Å². The molecule has 0 aliphatic carbocycles. The highest BCUT2D eigenvalue weighted by atomic mass is 35.5. The molecule has 0 unspecified atom stereocenters. The lowest BCUT2D eigenvalue weighted by molar-refractivity contribution is 0.834. The van der Waals surface area contributed by atoms with E-state index in [1.165, 1.54) is 0 Å². The molecule has 0 amide bonds. The van der Waals surface area contributed by atoms with Crippen LogP contribution in [0.3, 0.4) is 0 Å². The molecule has 0 aliphatic rings. The summed E-state index contributed by atoms with van der Waals surface area (Å²) in [5.41, 5.74) is 10.7. The number of nitrogens with zero attached hydrogens (tertiary/aromatic N) is 4. The van der Waals surface area contributed by atoms with E-state index >= 15 is 0 Å². The fourth-order valence-corrected chi connectivity index (χ4v) is 1.99. The van der Waals surface area contributed by atoms with Crippen LogP contribution in [0.15, 0.2) is 29.4 Å². The zero-order chi connectivity index (χ0) is 16.3. The number of benzene rings is 1. The van der Waals surface area contributed by atoms with Gasteiger partial charge in [0.15, 0.2) is 5.84 Å². The third-order valence-electron chi connectivity index (χ3n) is 2.98. The first-order valence-electron chi connectivity index (χ1n) is 6.35. The zero-order valence-electron chi connectivity index (χ0n) is 12.1. The van der Waals surface area contributed by atoms with Gasteiger partial charge in [-0.2, -0.15) is 15.5 Å². The normalized spacial score (nSPS) is 11.1. The second-order valence-electron chi connectivity index (χ2n) is 4.51. The summed E-state index contributed by atoms with van der Waals surface area (Å²) in [6, 6.07) is 9.03. The highest BCUT2D eigenvalue weighted by molar-refractivity contribution is 6.45. The average Bonchev–Trinajstić information content (AvgIpc) is 2.75. The van der Waals surface area contributed by atoms with E-state index in [0.717, 1.165) is 17.1 Å². The highest BCUT2D eigenvalue weighted by Gasteiger charge is 2.13. The largest absolute Gasteiger partial charge is 0.382 e. The first-order chi connectivity index (χ1) is 10.5. The Bertz CT molecular complexity index is 798. The van der Waals surface area contributed by atoms with Crippen molar-refractivity contribution in [1.82, 2.24) is 9.78 Å². The predicted octanol–water partition coefficient (Wildman–Crippen LogP) is 2.37. The third-order valence-corrected chi connectivity index (χ3v) is 3.53. The number of amidine groups is 1. The molecule has 0 aliphatic heterocycles. The van der Waals surface area contributed by atoms with Crippen molar-refractivity contribution in [2.45, 2.75) is 13.8 Å². The molecule has 0 saturated carbocycles. The van der Waals surface area contributed by atoms with E-state index in [-0.39, 0.29) is 5.71 Å². The molecule has 1 aromatic carbocycles. The molecule has 7 nitrogen and oxygen atoms in total. The van der Waals surface area contributed by atoms with Gasteiger partial charge in [-0.3, -0.25) is 10.8 Å². The minimum Gasteiger partial charge on any atom is -0.382 e. The van der Waals surface area contributed by atoms with Crippen LogP contribution in [-0.2, 0) is 0 Å². The second kappa shape index (κ2) is 6.28. The van der Waals surface area contributed by atoms with E-state index < -0.39 is 5.84 Å². The third kappa shape index (κ3) is 2.92. The number of hydrazone groups is 1. The minimum atomic E-state index is -0.401. The van der Waals surface area contributed by atoms with Gasteiger partial charge in [0, 0.05) is 0 Å². The lowest BCUT2D eigenvalue weighted by Crippen LogP contribution is -2.22. The SMILES string of the molecule is Cc1nn(-c2ccccc2N/N=C(\C#N)C(=N)N)c(C)c1Cl. The van der Waals surface area contributed by atoms with E-state index in [9.17, 15) is 0 Å². The van der Waals surface area contributed by atoms with Crippen molar-refractivity contribution in [2.24, 2.45) is 10.8 Å². The van der Waals surface area contributed by atoms with Crippen molar-refractivity contribution in [2.75, 3.05) is 5.43 Å². The van der Waals surface area contributed by atoms with Crippen LogP contribution in [0.5, 0.6) is 0 Å². The number of hydrogen-bond acceptors (Lipinski definition) is 5. The lowest BCUT2D eigenvalue weighted by atomic mass is 10.2. The van der Waals surface area contributed by atoms with Crippen LogP contribution in [0.25, 0.3) is 5.69 Å². The number of halogens is 1. The fraction of sp³-hybridized carbons (Fsp3) is 0.143. The molecular weight excluding hydrogens is 302 g/mol. The van der Waals surface area contributed by atoms with Gasteiger partial charge in [0.05, 0.1) is 27.8 Å². The molecule has 1 heterocycles. The van der Waals surface area contributed by atoms with Crippen molar-refractivity contribution >= 4 is 28.8 Å². The van der Waals surface area contributed by atoms with Gasteiger partial charge in [-0.1, -0.05) is 23.7 Å². The van der Waals surface area contributed by atoms with E-state index in [4.69, 9.17) is 28.0 Å². The number of nitrogens with one attached hydrogen (secondary N) is 2. The van der Waals surface area contributed by atoms with Gasteiger partial charge in [0.1, 0.15) is 6.07 Å². The number of hydrogen-bond donors (Lipinski definition) is 3. The van der Waals surface area contributed by atoms with Gasteiger partial charge < -0.3 is 5.73 Å². The Morgan fingerprint density at radius 3 is 2.68 bits per heavy atom. The first kappa shape index (κ1) is 15.5. The average molecular weight is 316 g/mol. The molecular formula is C14H14ClN7. The summed E-state index contributed by atoms with van der Waals surface area (Å²) >= 11 is 6.17. The number of para-hydroxylation sites is 2. The molecule has 0 saturated heterocycles. The van der Waals surface area contributed by atoms with E-state index in [2.05, 4.69) is 15.6 Å². The summed E-state index contributed by atoms with van der Waals surface area (Å²) in [7, 11) is 0. The van der Waals surface area contributed by atoms with E-state index in [1.54, 1.807) is 16.8 Å². The topological polar surface area (TPSA) is 116 Å². The first-order valence-corrected chi connectivity index (χ1v) is 6.72. The van der Waals surface area contributed by atoms with Crippen molar-refractivity contribution in [1.29, 1.82) is 10.7 Å². The Morgan fingerprint density at radius 1 is 1.45 bits per heavy atom.